The summed E-state index contributed by atoms with van der Waals surface area (Å²) in [5.41, 5.74) is 0.999. The number of ether oxygens (including phenoxy) is 1. The number of benzene rings is 1. The van der Waals surface area contributed by atoms with Crippen LogP contribution in [0.4, 0.5) is 4.39 Å². The Labute approximate surface area is 126 Å². The van der Waals surface area contributed by atoms with Gasteiger partial charge in [-0.25, -0.2) is 4.39 Å². The van der Waals surface area contributed by atoms with E-state index in [1.54, 1.807) is 19.2 Å². The van der Waals surface area contributed by atoms with Crippen molar-refractivity contribution in [2.45, 2.75) is 32.5 Å². The highest BCUT2D eigenvalue weighted by Crippen LogP contribution is 2.25. The van der Waals surface area contributed by atoms with Crippen molar-refractivity contribution in [2.75, 3.05) is 26.7 Å². The first kappa shape index (κ1) is 15.8. The number of rotatable bonds is 3. The molecule has 1 heterocycles. The standard InChI is InChI=1S/C16H24FN3O/c1-4-9-19-16(18-3)20-10-12(2)21-15(11-20)13-5-7-14(17)8-6-13/h5-8,12,15H,4,9-11H2,1-3H3,(H,18,19). The van der Waals surface area contributed by atoms with E-state index in [0.29, 0.717) is 0 Å². The fraction of sp³-hybridized carbons (Fsp3) is 0.562. The molecule has 5 heteroatoms. The molecule has 1 aliphatic rings. The lowest BCUT2D eigenvalue weighted by molar-refractivity contribution is -0.0604. The summed E-state index contributed by atoms with van der Waals surface area (Å²) >= 11 is 0. The van der Waals surface area contributed by atoms with E-state index >= 15 is 0 Å². The van der Waals surface area contributed by atoms with Crippen LogP contribution in [0.5, 0.6) is 0 Å². The molecule has 0 aromatic heterocycles. The average Bonchev–Trinajstić information content (AvgIpc) is 2.48. The van der Waals surface area contributed by atoms with Gasteiger partial charge >= 0.3 is 0 Å². The fourth-order valence-corrected chi connectivity index (χ4v) is 2.55. The molecule has 0 saturated carbocycles. The zero-order chi connectivity index (χ0) is 15.2. The van der Waals surface area contributed by atoms with E-state index in [2.05, 4.69) is 29.1 Å². The Kier molecular flexibility index (Phi) is 5.56. The van der Waals surface area contributed by atoms with Crippen molar-refractivity contribution >= 4 is 5.96 Å². The molecule has 0 aliphatic carbocycles. The van der Waals surface area contributed by atoms with E-state index in [9.17, 15) is 4.39 Å². The van der Waals surface area contributed by atoms with Gasteiger partial charge in [0.1, 0.15) is 11.9 Å². The molecule has 0 bridgehead atoms. The molecule has 1 aromatic carbocycles. The molecule has 2 atom stereocenters. The van der Waals surface area contributed by atoms with E-state index in [1.165, 1.54) is 12.1 Å². The first-order chi connectivity index (χ1) is 10.1. The van der Waals surface area contributed by atoms with E-state index in [0.717, 1.165) is 37.6 Å². The summed E-state index contributed by atoms with van der Waals surface area (Å²) in [6.45, 7) is 6.61. The van der Waals surface area contributed by atoms with Crippen molar-refractivity contribution < 1.29 is 9.13 Å². The van der Waals surface area contributed by atoms with Gasteiger partial charge in [-0.2, -0.15) is 0 Å². The maximum Gasteiger partial charge on any atom is 0.193 e. The largest absolute Gasteiger partial charge is 0.367 e. The van der Waals surface area contributed by atoms with Crippen molar-refractivity contribution in [1.29, 1.82) is 0 Å². The summed E-state index contributed by atoms with van der Waals surface area (Å²) in [7, 11) is 1.80. The van der Waals surface area contributed by atoms with Gasteiger partial charge in [-0.05, 0) is 31.0 Å². The quantitative estimate of drug-likeness (QED) is 0.687. The third kappa shape index (κ3) is 4.17. The van der Waals surface area contributed by atoms with Gasteiger partial charge in [0.05, 0.1) is 12.6 Å². The highest BCUT2D eigenvalue weighted by atomic mass is 19.1. The van der Waals surface area contributed by atoms with Gasteiger partial charge in [0.25, 0.3) is 0 Å². The second kappa shape index (κ2) is 7.41. The van der Waals surface area contributed by atoms with E-state index in [4.69, 9.17) is 4.74 Å². The van der Waals surface area contributed by atoms with Gasteiger partial charge in [0, 0.05) is 20.1 Å². The molecule has 1 N–H and O–H groups in total. The SMILES string of the molecule is CCCNC(=NC)N1CC(C)OC(c2ccc(F)cc2)C1. The monoisotopic (exact) mass is 293 g/mol. The normalized spacial score (nSPS) is 23.2. The number of aliphatic imine (C=N–C) groups is 1. The third-order valence-corrected chi connectivity index (χ3v) is 3.55. The average molecular weight is 293 g/mol. The van der Waals surface area contributed by atoms with Gasteiger partial charge in [0.15, 0.2) is 5.96 Å². The van der Waals surface area contributed by atoms with Crippen LogP contribution in [0.1, 0.15) is 31.9 Å². The smallest absolute Gasteiger partial charge is 0.193 e. The highest BCUT2D eigenvalue weighted by Gasteiger charge is 2.28. The molecular formula is C16H24FN3O. The lowest BCUT2D eigenvalue weighted by Crippen LogP contribution is -2.50. The number of hydrogen-bond acceptors (Lipinski definition) is 2. The summed E-state index contributed by atoms with van der Waals surface area (Å²) in [5, 5.41) is 3.35. The Morgan fingerprint density at radius 1 is 1.38 bits per heavy atom. The van der Waals surface area contributed by atoms with Gasteiger partial charge in [-0.15, -0.1) is 0 Å². The molecule has 116 valence electrons. The van der Waals surface area contributed by atoms with Crippen molar-refractivity contribution in [1.82, 2.24) is 10.2 Å². The Morgan fingerprint density at radius 3 is 2.71 bits per heavy atom. The van der Waals surface area contributed by atoms with Crippen LogP contribution in [0.3, 0.4) is 0 Å². The molecule has 1 aromatic rings. The lowest BCUT2D eigenvalue weighted by atomic mass is 10.1. The van der Waals surface area contributed by atoms with Gasteiger partial charge in [0.2, 0.25) is 0 Å². The minimum Gasteiger partial charge on any atom is -0.367 e. The molecule has 1 aliphatic heterocycles. The molecule has 2 unspecified atom stereocenters. The number of nitrogens with one attached hydrogen (secondary N) is 1. The third-order valence-electron chi connectivity index (χ3n) is 3.55. The van der Waals surface area contributed by atoms with Crippen LogP contribution in [-0.4, -0.2) is 43.6 Å². The summed E-state index contributed by atoms with van der Waals surface area (Å²) in [6.07, 6.45) is 1.10. The second-order valence-corrected chi connectivity index (χ2v) is 5.37. The Balaban J connectivity index is 2.09. The number of nitrogens with zero attached hydrogens (tertiary/aromatic N) is 2. The summed E-state index contributed by atoms with van der Waals surface area (Å²) in [6, 6.07) is 6.54. The zero-order valence-corrected chi connectivity index (χ0v) is 13.0. The molecule has 0 spiro atoms. The van der Waals surface area contributed by atoms with Crippen molar-refractivity contribution in [2.24, 2.45) is 4.99 Å². The minimum atomic E-state index is -0.222. The topological polar surface area (TPSA) is 36.9 Å². The Morgan fingerprint density at radius 2 is 2.10 bits per heavy atom. The maximum atomic E-state index is 13.0. The number of hydrogen-bond donors (Lipinski definition) is 1. The van der Waals surface area contributed by atoms with E-state index in [1.807, 2.05) is 0 Å². The predicted octanol–water partition coefficient (Wildman–Crippen LogP) is 2.57. The lowest BCUT2D eigenvalue weighted by Gasteiger charge is -2.38. The number of morpholine rings is 1. The molecule has 0 radical (unpaired) electrons. The zero-order valence-electron chi connectivity index (χ0n) is 13.0. The van der Waals surface area contributed by atoms with Crippen molar-refractivity contribution in [3.8, 4) is 0 Å². The second-order valence-electron chi connectivity index (χ2n) is 5.37. The first-order valence-corrected chi connectivity index (χ1v) is 7.50. The summed E-state index contributed by atoms with van der Waals surface area (Å²) in [4.78, 5) is 6.55. The van der Waals surface area contributed by atoms with Gasteiger partial charge in [-0.1, -0.05) is 19.1 Å². The summed E-state index contributed by atoms with van der Waals surface area (Å²) in [5.74, 6) is 0.680. The van der Waals surface area contributed by atoms with E-state index in [-0.39, 0.29) is 18.0 Å². The predicted molar refractivity (Wildman–Crippen MR) is 82.9 cm³/mol. The molecule has 21 heavy (non-hydrogen) atoms. The fourth-order valence-electron chi connectivity index (χ4n) is 2.55. The summed E-state index contributed by atoms with van der Waals surface area (Å²) < 4.78 is 19.0. The maximum absolute atomic E-state index is 13.0. The van der Waals surface area contributed by atoms with Crippen LogP contribution >= 0.6 is 0 Å². The molecule has 0 amide bonds. The highest BCUT2D eigenvalue weighted by molar-refractivity contribution is 5.80. The molecule has 1 fully saturated rings. The minimum absolute atomic E-state index is 0.0606. The number of halogens is 1. The van der Waals surface area contributed by atoms with Crippen LogP contribution in [0, 0.1) is 5.82 Å². The van der Waals surface area contributed by atoms with Crippen LogP contribution in [0.15, 0.2) is 29.3 Å². The van der Waals surface area contributed by atoms with Crippen LogP contribution in [-0.2, 0) is 4.74 Å². The van der Waals surface area contributed by atoms with Crippen LogP contribution in [0.2, 0.25) is 0 Å². The van der Waals surface area contributed by atoms with E-state index < -0.39 is 0 Å². The number of guanidine groups is 1. The molecular weight excluding hydrogens is 269 g/mol. The van der Waals surface area contributed by atoms with Gasteiger partial charge in [-0.3, -0.25) is 4.99 Å². The Hall–Kier alpha value is -1.62. The molecule has 1 saturated heterocycles. The Bertz CT molecular complexity index is 475. The van der Waals surface area contributed by atoms with Crippen molar-refractivity contribution in [3.63, 3.8) is 0 Å². The molecule has 2 rings (SSSR count). The molecule has 4 nitrogen and oxygen atoms in total. The van der Waals surface area contributed by atoms with Crippen LogP contribution in [0.25, 0.3) is 0 Å². The first-order valence-electron chi connectivity index (χ1n) is 7.50. The van der Waals surface area contributed by atoms with Crippen LogP contribution < -0.4 is 5.32 Å². The van der Waals surface area contributed by atoms with Gasteiger partial charge < -0.3 is 15.0 Å². The van der Waals surface area contributed by atoms with Crippen molar-refractivity contribution in [3.05, 3.63) is 35.6 Å².